The molecule has 0 aliphatic rings. The molecule has 0 saturated carbocycles. The van der Waals surface area contributed by atoms with E-state index in [0.29, 0.717) is 12.2 Å². The van der Waals surface area contributed by atoms with Crippen LogP contribution in [0.25, 0.3) is 0 Å². The Balaban J connectivity index is 2.74. The largest absolute Gasteiger partial charge is 0.466 e. The Kier molecular flexibility index (Phi) is 4.65. The minimum Gasteiger partial charge on any atom is -0.466 e. The van der Waals surface area contributed by atoms with E-state index in [9.17, 15) is 9.59 Å². The predicted octanol–water partition coefficient (Wildman–Crippen LogP) is 3.12. The highest BCUT2D eigenvalue weighted by Crippen LogP contribution is 2.22. The first-order valence-electron chi connectivity index (χ1n) is 6.14. The van der Waals surface area contributed by atoms with Crippen LogP contribution in [-0.2, 0) is 14.9 Å². The molecule has 3 heteroatoms. The number of benzene rings is 1. The van der Waals surface area contributed by atoms with Crippen molar-refractivity contribution < 1.29 is 14.3 Å². The molecule has 0 spiro atoms. The van der Waals surface area contributed by atoms with Gasteiger partial charge in [0.05, 0.1) is 6.61 Å². The summed E-state index contributed by atoms with van der Waals surface area (Å²) in [6.07, 6.45) is -0.192. The predicted molar refractivity (Wildman–Crippen MR) is 70.7 cm³/mol. The summed E-state index contributed by atoms with van der Waals surface area (Å²) in [7, 11) is 0. The Labute approximate surface area is 108 Å². The lowest BCUT2D eigenvalue weighted by Crippen LogP contribution is -2.13. The van der Waals surface area contributed by atoms with Gasteiger partial charge < -0.3 is 4.74 Å². The van der Waals surface area contributed by atoms with E-state index >= 15 is 0 Å². The molecule has 0 atom stereocenters. The van der Waals surface area contributed by atoms with E-state index in [4.69, 9.17) is 4.74 Å². The summed E-state index contributed by atoms with van der Waals surface area (Å²) in [5.41, 5.74) is 1.77. The molecular formula is C15H20O3. The van der Waals surface area contributed by atoms with E-state index in [2.05, 4.69) is 20.8 Å². The van der Waals surface area contributed by atoms with Gasteiger partial charge in [0.15, 0.2) is 5.78 Å². The van der Waals surface area contributed by atoms with E-state index in [1.165, 1.54) is 0 Å². The van der Waals surface area contributed by atoms with E-state index in [1.807, 2.05) is 12.1 Å². The molecular weight excluding hydrogens is 228 g/mol. The third-order valence-corrected chi connectivity index (χ3v) is 2.68. The average molecular weight is 248 g/mol. The summed E-state index contributed by atoms with van der Waals surface area (Å²) in [4.78, 5) is 23.0. The molecule has 1 aromatic rings. The van der Waals surface area contributed by atoms with Crippen LogP contribution < -0.4 is 0 Å². The second-order valence-corrected chi connectivity index (χ2v) is 5.23. The monoisotopic (exact) mass is 248 g/mol. The van der Waals surface area contributed by atoms with Crippen molar-refractivity contribution in [3.8, 4) is 0 Å². The second kappa shape index (κ2) is 5.80. The summed E-state index contributed by atoms with van der Waals surface area (Å²) in [5, 5.41) is 0. The molecule has 0 N–H and O–H groups in total. The van der Waals surface area contributed by atoms with Crippen molar-refractivity contribution in [2.45, 2.75) is 39.5 Å². The summed E-state index contributed by atoms with van der Waals surface area (Å²) in [6.45, 7) is 8.36. The standard InChI is InChI=1S/C15H20O3/c1-5-18-14(17)10-13(16)11-6-8-12(9-7-11)15(2,3)4/h6-9H,5,10H2,1-4H3. The van der Waals surface area contributed by atoms with Crippen molar-refractivity contribution in [3.63, 3.8) is 0 Å². The van der Waals surface area contributed by atoms with Gasteiger partial charge in [0.1, 0.15) is 6.42 Å². The number of carbonyl (C=O) groups is 2. The molecule has 0 bridgehead atoms. The summed E-state index contributed by atoms with van der Waals surface area (Å²) in [5.74, 6) is -0.670. The molecule has 1 rings (SSSR count). The maximum absolute atomic E-state index is 11.8. The van der Waals surface area contributed by atoms with Crippen LogP contribution in [0.3, 0.4) is 0 Å². The minimum absolute atomic E-state index is 0.0583. The normalized spacial score (nSPS) is 11.1. The minimum atomic E-state index is -0.470. The highest BCUT2D eigenvalue weighted by molar-refractivity contribution is 6.05. The smallest absolute Gasteiger partial charge is 0.313 e. The Morgan fingerprint density at radius 2 is 1.67 bits per heavy atom. The van der Waals surface area contributed by atoms with Crippen LogP contribution in [0.15, 0.2) is 24.3 Å². The SMILES string of the molecule is CCOC(=O)CC(=O)c1ccc(C(C)(C)C)cc1. The third kappa shape index (κ3) is 3.99. The molecule has 0 heterocycles. The number of hydrogen-bond acceptors (Lipinski definition) is 3. The van der Waals surface area contributed by atoms with Gasteiger partial charge in [-0.3, -0.25) is 9.59 Å². The van der Waals surface area contributed by atoms with Crippen LogP contribution in [-0.4, -0.2) is 18.4 Å². The lowest BCUT2D eigenvalue weighted by Gasteiger charge is -2.18. The molecule has 0 radical (unpaired) electrons. The molecule has 0 fully saturated rings. The highest BCUT2D eigenvalue weighted by Gasteiger charge is 2.16. The summed E-state index contributed by atoms with van der Waals surface area (Å²) in [6, 6.07) is 7.39. The molecule has 0 aliphatic carbocycles. The topological polar surface area (TPSA) is 43.4 Å². The van der Waals surface area contributed by atoms with E-state index in [0.717, 1.165) is 5.56 Å². The zero-order valence-electron chi connectivity index (χ0n) is 11.4. The number of esters is 1. The van der Waals surface area contributed by atoms with Gasteiger partial charge in [-0.25, -0.2) is 0 Å². The van der Waals surface area contributed by atoms with Gasteiger partial charge in [-0.1, -0.05) is 45.0 Å². The Morgan fingerprint density at radius 1 is 1.11 bits per heavy atom. The molecule has 1 aromatic carbocycles. The lowest BCUT2D eigenvalue weighted by atomic mass is 9.86. The Hall–Kier alpha value is -1.64. The number of hydrogen-bond donors (Lipinski definition) is 0. The van der Waals surface area contributed by atoms with E-state index < -0.39 is 5.97 Å². The summed E-state index contributed by atoms with van der Waals surface area (Å²) < 4.78 is 4.75. The number of Topliss-reactive ketones (excluding diaryl/α,β-unsaturated/α-hetero) is 1. The van der Waals surface area contributed by atoms with Crippen molar-refractivity contribution in [1.82, 2.24) is 0 Å². The van der Waals surface area contributed by atoms with Crippen LogP contribution >= 0.6 is 0 Å². The molecule has 98 valence electrons. The van der Waals surface area contributed by atoms with E-state index in [-0.39, 0.29) is 17.6 Å². The van der Waals surface area contributed by atoms with Gasteiger partial charge in [-0.05, 0) is 17.9 Å². The average Bonchev–Trinajstić information content (AvgIpc) is 2.28. The number of ketones is 1. The van der Waals surface area contributed by atoms with Gasteiger partial charge in [0.2, 0.25) is 0 Å². The Bertz CT molecular complexity index is 424. The Morgan fingerprint density at radius 3 is 2.11 bits per heavy atom. The lowest BCUT2D eigenvalue weighted by molar-refractivity contribution is -0.141. The van der Waals surface area contributed by atoms with Crippen LogP contribution in [0.1, 0.15) is 50.0 Å². The first-order valence-corrected chi connectivity index (χ1v) is 6.14. The van der Waals surface area contributed by atoms with E-state index in [1.54, 1.807) is 19.1 Å². The first-order chi connectivity index (χ1) is 8.34. The summed E-state index contributed by atoms with van der Waals surface area (Å²) >= 11 is 0. The second-order valence-electron chi connectivity index (χ2n) is 5.23. The van der Waals surface area contributed by atoms with Gasteiger partial charge in [0, 0.05) is 5.56 Å². The highest BCUT2D eigenvalue weighted by atomic mass is 16.5. The zero-order chi connectivity index (χ0) is 13.8. The maximum atomic E-state index is 11.8. The van der Waals surface area contributed by atoms with Crippen molar-refractivity contribution in [3.05, 3.63) is 35.4 Å². The van der Waals surface area contributed by atoms with Gasteiger partial charge in [-0.2, -0.15) is 0 Å². The number of rotatable bonds is 4. The van der Waals surface area contributed by atoms with Crippen molar-refractivity contribution in [1.29, 1.82) is 0 Å². The number of ether oxygens (including phenoxy) is 1. The molecule has 0 amide bonds. The zero-order valence-corrected chi connectivity index (χ0v) is 11.4. The maximum Gasteiger partial charge on any atom is 0.313 e. The quantitative estimate of drug-likeness (QED) is 0.467. The fraction of sp³-hybridized carbons (Fsp3) is 0.467. The van der Waals surface area contributed by atoms with Crippen molar-refractivity contribution in [2.24, 2.45) is 0 Å². The van der Waals surface area contributed by atoms with Crippen molar-refractivity contribution >= 4 is 11.8 Å². The molecule has 0 aromatic heterocycles. The molecule has 18 heavy (non-hydrogen) atoms. The first kappa shape index (κ1) is 14.4. The van der Waals surface area contributed by atoms with Crippen LogP contribution in [0, 0.1) is 0 Å². The van der Waals surface area contributed by atoms with Crippen LogP contribution in [0.4, 0.5) is 0 Å². The molecule has 0 saturated heterocycles. The third-order valence-electron chi connectivity index (χ3n) is 2.68. The number of carbonyl (C=O) groups excluding carboxylic acids is 2. The van der Waals surface area contributed by atoms with Gasteiger partial charge in [-0.15, -0.1) is 0 Å². The molecule has 0 aliphatic heterocycles. The molecule has 0 unspecified atom stereocenters. The fourth-order valence-electron chi connectivity index (χ4n) is 1.60. The van der Waals surface area contributed by atoms with Crippen LogP contribution in [0.5, 0.6) is 0 Å². The molecule has 3 nitrogen and oxygen atoms in total. The van der Waals surface area contributed by atoms with Crippen LogP contribution in [0.2, 0.25) is 0 Å². The van der Waals surface area contributed by atoms with Gasteiger partial charge in [0.25, 0.3) is 0 Å². The van der Waals surface area contributed by atoms with Gasteiger partial charge >= 0.3 is 5.97 Å². The fourth-order valence-corrected chi connectivity index (χ4v) is 1.60. The van der Waals surface area contributed by atoms with Crippen molar-refractivity contribution in [2.75, 3.05) is 6.61 Å².